The number of ether oxygens (including phenoxy) is 1. The highest BCUT2D eigenvalue weighted by atomic mass is 35.5. The van der Waals surface area contributed by atoms with Crippen molar-refractivity contribution in [2.75, 3.05) is 51.2 Å². The Bertz CT molecular complexity index is 1040. The summed E-state index contributed by atoms with van der Waals surface area (Å²) >= 11 is 4.24. The van der Waals surface area contributed by atoms with E-state index in [-0.39, 0.29) is 31.0 Å². The lowest BCUT2D eigenvalue weighted by Crippen LogP contribution is -2.48. The van der Waals surface area contributed by atoms with E-state index in [1.807, 2.05) is 12.1 Å². The van der Waals surface area contributed by atoms with Crippen LogP contribution in [-0.4, -0.2) is 99.8 Å². The van der Waals surface area contributed by atoms with Crippen LogP contribution in [0.5, 0.6) is 0 Å². The lowest BCUT2D eigenvalue weighted by atomic mass is 10.0. The van der Waals surface area contributed by atoms with Gasteiger partial charge in [0.1, 0.15) is 0 Å². The van der Waals surface area contributed by atoms with Crippen LogP contribution in [0.2, 0.25) is 5.02 Å². The summed E-state index contributed by atoms with van der Waals surface area (Å²) in [6.07, 6.45) is -15.9. The van der Waals surface area contributed by atoms with Crippen LogP contribution in [0, 0.1) is 11.8 Å². The molecule has 0 aliphatic carbocycles. The average Bonchev–Trinajstić information content (AvgIpc) is 3.39. The molecule has 1 aromatic carbocycles. The van der Waals surface area contributed by atoms with Gasteiger partial charge in [-0.05, 0) is 48.4 Å². The molecule has 3 unspecified atom stereocenters. The molecule has 4 rings (SSSR count). The number of fused-ring (bicyclic) bond motifs is 1. The second kappa shape index (κ2) is 11.6. The van der Waals surface area contributed by atoms with Crippen LogP contribution < -0.4 is 4.90 Å². The lowest BCUT2D eigenvalue weighted by Gasteiger charge is -2.37. The van der Waals surface area contributed by atoms with Gasteiger partial charge >= 0.3 is 18.4 Å². The van der Waals surface area contributed by atoms with Crippen molar-refractivity contribution in [2.24, 2.45) is 11.8 Å². The Morgan fingerprint density at radius 3 is 2.18 bits per heavy atom. The van der Waals surface area contributed by atoms with E-state index >= 15 is 0 Å². The number of halogens is 7. The maximum Gasteiger partial charge on any atom is 0.434 e. The topological polar surface area (TPSA) is 76.6 Å². The molecule has 1 N–H and O–H groups in total. The first-order valence-corrected chi connectivity index (χ1v) is 13.8. The minimum absolute atomic E-state index is 0.0120. The third kappa shape index (κ3) is 7.10. The number of likely N-dealkylation sites (tertiary alicyclic amines) is 2. The SMILES string of the molecule is CN(C1CCN(c2ccc(Cl)cc2CN2CC3CN(C(=O)OC(C(F)(F)F)C(F)(F)F)CC3C2)CC1)S(=O)O. The molecule has 0 aromatic heterocycles. The molecule has 1 amide bonds. The van der Waals surface area contributed by atoms with Crippen molar-refractivity contribution in [2.45, 2.75) is 43.9 Å². The minimum atomic E-state index is -5.75. The Labute approximate surface area is 229 Å². The molecule has 8 nitrogen and oxygen atoms in total. The van der Waals surface area contributed by atoms with Crippen molar-refractivity contribution in [1.82, 2.24) is 14.1 Å². The fraction of sp³-hybridized carbons (Fsp3) is 0.696. The maximum atomic E-state index is 12.8. The van der Waals surface area contributed by atoms with Crippen molar-refractivity contribution in [3.8, 4) is 0 Å². The standard InChI is InChI=1S/C23H29ClF6N4O4S/c1-31(39(36)37)18-4-6-33(7-5-18)19-3-2-17(24)8-14(19)9-32-10-15-12-34(13-16(15)11-32)21(35)38-20(22(25,26)27)23(28,29)30/h2-3,8,15-16,18,20H,4-7,9-13H2,1H3,(H,36,37). The van der Waals surface area contributed by atoms with E-state index in [9.17, 15) is 39.9 Å². The van der Waals surface area contributed by atoms with Crippen molar-refractivity contribution in [1.29, 1.82) is 0 Å². The van der Waals surface area contributed by atoms with Crippen LogP contribution in [0.15, 0.2) is 18.2 Å². The van der Waals surface area contributed by atoms with Gasteiger partial charge in [0, 0.05) is 69.6 Å². The number of benzene rings is 1. The quantitative estimate of drug-likeness (QED) is 0.383. The lowest BCUT2D eigenvalue weighted by molar-refractivity contribution is -0.308. The van der Waals surface area contributed by atoms with E-state index in [0.29, 0.717) is 50.6 Å². The van der Waals surface area contributed by atoms with Gasteiger partial charge in [-0.1, -0.05) is 11.6 Å². The summed E-state index contributed by atoms with van der Waals surface area (Å²) in [5, 5.41) is 0.552. The Balaban J connectivity index is 1.35. The van der Waals surface area contributed by atoms with Gasteiger partial charge in [0.25, 0.3) is 6.10 Å². The number of alkyl halides is 6. The van der Waals surface area contributed by atoms with E-state index < -0.39 is 35.8 Å². The Morgan fingerprint density at radius 2 is 1.67 bits per heavy atom. The molecular weight excluding hydrogens is 578 g/mol. The third-order valence-corrected chi connectivity index (χ3v) is 8.66. The number of carbonyl (C=O) groups is 1. The molecule has 3 aliphatic rings. The molecule has 3 aliphatic heterocycles. The summed E-state index contributed by atoms with van der Waals surface area (Å²) in [5.41, 5.74) is 1.95. The molecule has 0 spiro atoms. The molecular formula is C23H29ClF6N4O4S. The number of hydrogen-bond donors (Lipinski definition) is 1. The summed E-state index contributed by atoms with van der Waals surface area (Å²) in [6, 6.07) is 5.57. The zero-order chi connectivity index (χ0) is 28.7. The molecule has 3 fully saturated rings. The average molecular weight is 607 g/mol. The van der Waals surface area contributed by atoms with E-state index in [1.54, 1.807) is 13.1 Å². The van der Waals surface area contributed by atoms with Gasteiger partial charge in [0.15, 0.2) is 0 Å². The van der Waals surface area contributed by atoms with Crippen LogP contribution in [-0.2, 0) is 22.5 Å². The fourth-order valence-corrected chi connectivity index (χ4v) is 6.35. The van der Waals surface area contributed by atoms with Gasteiger partial charge < -0.3 is 14.5 Å². The molecule has 39 heavy (non-hydrogen) atoms. The summed E-state index contributed by atoms with van der Waals surface area (Å²) in [6.45, 7) is 2.93. The first kappa shape index (κ1) is 30.2. The number of carbonyl (C=O) groups excluding carboxylic acids is 1. The molecule has 3 heterocycles. The maximum absolute atomic E-state index is 12.8. The van der Waals surface area contributed by atoms with Crippen LogP contribution >= 0.6 is 11.6 Å². The molecule has 3 atom stereocenters. The number of amides is 1. The van der Waals surface area contributed by atoms with Gasteiger partial charge in [-0.2, -0.15) is 26.3 Å². The highest BCUT2D eigenvalue weighted by Crippen LogP contribution is 2.38. The van der Waals surface area contributed by atoms with E-state index in [1.165, 1.54) is 4.31 Å². The van der Waals surface area contributed by atoms with Crippen LogP contribution in [0.25, 0.3) is 0 Å². The molecule has 16 heteroatoms. The van der Waals surface area contributed by atoms with Crippen molar-refractivity contribution < 1.29 is 44.6 Å². The first-order chi connectivity index (χ1) is 18.1. The fourth-order valence-electron chi connectivity index (χ4n) is 5.69. The number of anilines is 1. The van der Waals surface area contributed by atoms with Crippen LogP contribution in [0.3, 0.4) is 0 Å². The minimum Gasteiger partial charge on any atom is -0.426 e. The van der Waals surface area contributed by atoms with Crippen LogP contribution in [0.4, 0.5) is 36.8 Å². The zero-order valence-electron chi connectivity index (χ0n) is 20.9. The van der Waals surface area contributed by atoms with E-state index in [4.69, 9.17) is 11.6 Å². The number of piperidine rings is 1. The zero-order valence-corrected chi connectivity index (χ0v) is 22.5. The Morgan fingerprint density at radius 1 is 1.10 bits per heavy atom. The van der Waals surface area contributed by atoms with Gasteiger partial charge in [0.2, 0.25) is 11.3 Å². The number of nitrogens with zero attached hydrogens (tertiary/aromatic N) is 4. The second-order valence-corrected chi connectivity index (χ2v) is 11.7. The summed E-state index contributed by atoms with van der Waals surface area (Å²) in [5.74, 6) is -0.220. The van der Waals surface area contributed by atoms with Crippen molar-refractivity contribution in [3.63, 3.8) is 0 Å². The number of rotatable bonds is 6. The highest BCUT2D eigenvalue weighted by molar-refractivity contribution is 7.76. The van der Waals surface area contributed by atoms with E-state index in [0.717, 1.165) is 16.2 Å². The largest absolute Gasteiger partial charge is 0.434 e. The van der Waals surface area contributed by atoms with Crippen molar-refractivity contribution in [3.05, 3.63) is 28.8 Å². The normalized spacial score (nSPS) is 24.1. The smallest absolute Gasteiger partial charge is 0.426 e. The molecule has 0 saturated carbocycles. The van der Waals surface area contributed by atoms with Crippen molar-refractivity contribution >= 4 is 34.6 Å². The van der Waals surface area contributed by atoms with Gasteiger partial charge in [-0.25, -0.2) is 13.3 Å². The van der Waals surface area contributed by atoms with Gasteiger partial charge in [-0.3, -0.25) is 9.45 Å². The van der Waals surface area contributed by atoms with Gasteiger partial charge in [0.05, 0.1) is 0 Å². The first-order valence-electron chi connectivity index (χ1n) is 12.3. The Kier molecular flexibility index (Phi) is 8.96. The van der Waals surface area contributed by atoms with Crippen LogP contribution in [0.1, 0.15) is 18.4 Å². The molecule has 0 radical (unpaired) electrons. The summed E-state index contributed by atoms with van der Waals surface area (Å²) in [7, 11) is 1.61. The molecule has 0 bridgehead atoms. The predicted molar refractivity (Wildman–Crippen MR) is 131 cm³/mol. The Hall–Kier alpha value is -1.81. The number of hydrogen-bond acceptors (Lipinski definition) is 5. The summed E-state index contributed by atoms with van der Waals surface area (Å²) in [4.78, 5) is 17.4. The monoisotopic (exact) mass is 606 g/mol. The molecule has 1 aromatic rings. The third-order valence-electron chi connectivity index (χ3n) is 7.63. The van der Waals surface area contributed by atoms with Gasteiger partial charge in [-0.15, -0.1) is 0 Å². The summed E-state index contributed by atoms with van der Waals surface area (Å²) < 4.78 is 103. The highest BCUT2D eigenvalue weighted by Gasteiger charge is 2.60. The molecule has 220 valence electrons. The predicted octanol–water partition coefficient (Wildman–Crippen LogP) is 4.37. The van der Waals surface area contributed by atoms with E-state index in [2.05, 4.69) is 14.5 Å². The molecule has 3 saturated heterocycles. The second-order valence-electron chi connectivity index (χ2n) is 10.2.